The van der Waals surface area contributed by atoms with E-state index < -0.39 is 35.5 Å². The summed E-state index contributed by atoms with van der Waals surface area (Å²) in [5.41, 5.74) is 8.89. The minimum absolute atomic E-state index is 0.180. The molecule has 4 amide bonds. The highest BCUT2D eigenvalue weighted by molar-refractivity contribution is 7.17. The normalized spacial score (nSPS) is 15.3. The molecule has 5 N–H and O–H groups in total. The van der Waals surface area contributed by atoms with Gasteiger partial charge in [0.05, 0.1) is 12.1 Å². The Morgan fingerprint density at radius 1 is 1.15 bits per heavy atom. The molecular formula is C28H28F2N6O3S. The molecule has 5 rings (SSSR count). The molecular weight excluding hydrogens is 538 g/mol. The van der Waals surface area contributed by atoms with Crippen LogP contribution in [0, 0.1) is 17.6 Å². The second kappa shape index (κ2) is 11.4. The fourth-order valence-electron chi connectivity index (χ4n) is 4.85. The van der Waals surface area contributed by atoms with E-state index in [1.165, 1.54) is 17.5 Å². The molecule has 0 bridgehead atoms. The molecule has 0 spiro atoms. The lowest BCUT2D eigenvalue weighted by Crippen LogP contribution is -2.42. The average molecular weight is 567 g/mol. The number of nitrogens with one attached hydrogen (secondary N) is 3. The third-order valence-electron chi connectivity index (χ3n) is 6.84. The lowest BCUT2D eigenvalue weighted by Gasteiger charge is -2.21. The van der Waals surface area contributed by atoms with Gasteiger partial charge in [-0.1, -0.05) is 12.1 Å². The number of aryl methyl sites for hydroxylation is 1. The molecule has 0 saturated carbocycles. The van der Waals surface area contributed by atoms with E-state index in [2.05, 4.69) is 20.4 Å². The zero-order chi connectivity index (χ0) is 28.4. The Kier molecular flexibility index (Phi) is 7.78. The Hall–Kier alpha value is -4.32. The number of hydrogen-bond donors (Lipinski definition) is 4. The number of nitrogens with two attached hydrogens (primary N) is 1. The highest BCUT2D eigenvalue weighted by Crippen LogP contribution is 2.34. The quantitative estimate of drug-likeness (QED) is 0.258. The summed E-state index contributed by atoms with van der Waals surface area (Å²) in [6.45, 7) is 2.10. The van der Waals surface area contributed by atoms with Gasteiger partial charge >= 0.3 is 6.03 Å². The van der Waals surface area contributed by atoms with Crippen molar-refractivity contribution in [1.82, 2.24) is 20.0 Å². The first kappa shape index (κ1) is 27.3. The number of aromatic nitrogens is 2. The number of fused-ring (bicyclic) bond motifs is 3. The van der Waals surface area contributed by atoms with Crippen LogP contribution < -0.4 is 21.7 Å². The maximum Gasteiger partial charge on any atom is 0.312 e. The van der Waals surface area contributed by atoms with Crippen LogP contribution in [-0.2, 0) is 28.9 Å². The number of imidazole rings is 1. The zero-order valence-corrected chi connectivity index (χ0v) is 22.5. The highest BCUT2D eigenvalue weighted by atomic mass is 32.1. The van der Waals surface area contributed by atoms with Gasteiger partial charge in [-0.3, -0.25) is 14.0 Å². The van der Waals surface area contributed by atoms with Crippen LogP contribution in [0.3, 0.4) is 0 Å². The first-order chi connectivity index (χ1) is 19.1. The van der Waals surface area contributed by atoms with Gasteiger partial charge in [0.15, 0.2) is 4.96 Å². The molecule has 12 heteroatoms. The molecule has 9 nitrogen and oxygen atoms in total. The molecule has 2 aromatic carbocycles. The van der Waals surface area contributed by atoms with Gasteiger partial charge in [-0.05, 0) is 61.9 Å². The van der Waals surface area contributed by atoms with Crippen LogP contribution in [0.25, 0.3) is 16.2 Å². The van der Waals surface area contributed by atoms with E-state index >= 15 is 0 Å². The Balaban J connectivity index is 1.17. The molecule has 208 valence electrons. The molecule has 1 aliphatic carbocycles. The van der Waals surface area contributed by atoms with Crippen LogP contribution >= 0.6 is 11.3 Å². The molecule has 2 heterocycles. The molecule has 0 saturated heterocycles. The molecule has 1 aliphatic rings. The molecule has 0 fully saturated rings. The summed E-state index contributed by atoms with van der Waals surface area (Å²) < 4.78 is 28.8. The molecule has 4 aromatic rings. The summed E-state index contributed by atoms with van der Waals surface area (Å²) in [5, 5.41) is 8.01. The summed E-state index contributed by atoms with van der Waals surface area (Å²) in [5.74, 6) is -2.12. The van der Waals surface area contributed by atoms with E-state index in [1.807, 2.05) is 18.3 Å². The Morgan fingerprint density at radius 2 is 1.88 bits per heavy atom. The largest absolute Gasteiger partial charge is 0.352 e. The summed E-state index contributed by atoms with van der Waals surface area (Å²) >= 11 is 1.65. The first-order valence-corrected chi connectivity index (χ1v) is 13.6. The molecule has 0 aliphatic heterocycles. The number of nitrogens with zero attached hydrogens (tertiary/aromatic N) is 2. The van der Waals surface area contributed by atoms with Crippen LogP contribution in [0.2, 0.25) is 0 Å². The van der Waals surface area contributed by atoms with E-state index in [4.69, 9.17) is 10.7 Å². The van der Waals surface area contributed by atoms with Crippen molar-refractivity contribution in [3.8, 4) is 11.3 Å². The van der Waals surface area contributed by atoms with E-state index in [9.17, 15) is 23.2 Å². The predicted molar refractivity (Wildman–Crippen MR) is 148 cm³/mol. The van der Waals surface area contributed by atoms with Crippen molar-refractivity contribution in [2.75, 3.05) is 11.9 Å². The van der Waals surface area contributed by atoms with Crippen LogP contribution in [0.4, 0.5) is 19.3 Å². The monoisotopic (exact) mass is 566 g/mol. The van der Waals surface area contributed by atoms with Gasteiger partial charge in [-0.2, -0.15) is 0 Å². The topological polar surface area (TPSA) is 131 Å². The minimum atomic E-state index is -0.858. The average Bonchev–Trinajstić information content (AvgIpc) is 3.45. The second-order valence-electron chi connectivity index (χ2n) is 9.91. The number of carbonyl (C=O) groups excluding carboxylic acids is 3. The summed E-state index contributed by atoms with van der Waals surface area (Å²) in [6.07, 6.45) is 4.51. The second-order valence-corrected chi connectivity index (χ2v) is 11.0. The Bertz CT molecular complexity index is 1560. The van der Waals surface area contributed by atoms with Crippen LogP contribution in [0.1, 0.15) is 29.5 Å². The number of halogens is 2. The molecule has 40 heavy (non-hydrogen) atoms. The third kappa shape index (κ3) is 6.28. The fraction of sp³-hybridized carbons (Fsp3) is 0.286. The molecule has 1 unspecified atom stereocenters. The number of anilines is 1. The molecule has 0 radical (unpaired) electrons. The van der Waals surface area contributed by atoms with Gasteiger partial charge in [0, 0.05) is 40.6 Å². The van der Waals surface area contributed by atoms with Gasteiger partial charge < -0.3 is 21.7 Å². The van der Waals surface area contributed by atoms with Crippen LogP contribution in [0.5, 0.6) is 0 Å². The van der Waals surface area contributed by atoms with Crippen molar-refractivity contribution in [3.05, 3.63) is 76.4 Å². The van der Waals surface area contributed by atoms with E-state index in [0.717, 1.165) is 53.7 Å². The number of rotatable bonds is 8. The van der Waals surface area contributed by atoms with E-state index in [-0.39, 0.29) is 12.0 Å². The number of urea groups is 1. The number of thiazole rings is 1. The first-order valence-electron chi connectivity index (χ1n) is 12.8. The van der Waals surface area contributed by atoms with Crippen molar-refractivity contribution >= 4 is 39.8 Å². The lowest BCUT2D eigenvalue weighted by atomic mass is 9.91. The maximum absolute atomic E-state index is 13.4. The van der Waals surface area contributed by atoms with E-state index in [1.54, 1.807) is 23.5 Å². The third-order valence-corrected chi connectivity index (χ3v) is 7.95. The van der Waals surface area contributed by atoms with Crippen molar-refractivity contribution < 1.29 is 23.2 Å². The zero-order valence-electron chi connectivity index (χ0n) is 21.7. The Labute approximate surface area is 232 Å². The maximum atomic E-state index is 13.4. The van der Waals surface area contributed by atoms with E-state index in [0.29, 0.717) is 18.2 Å². The standard InChI is InChI=1S/C28H28F2N6O3S/c1-15(33-25(37)11-17-8-19(29)12-20(30)9-17)26(38)34-21-5-3-18(4-6-21)22-14-36-23-7-2-16(13-32-27(31)39)10-24(23)40-28(36)35-22/h3-6,8-9,12,14-16H,2,7,10-11,13H2,1H3,(H,33,37)(H,34,38)(H3,31,32,39)/t15-,16?/m0/s1. The number of benzene rings is 2. The van der Waals surface area contributed by atoms with Gasteiger partial charge in [-0.15, -0.1) is 11.3 Å². The van der Waals surface area contributed by atoms with Crippen LogP contribution in [-0.4, -0.2) is 39.8 Å². The van der Waals surface area contributed by atoms with Crippen molar-refractivity contribution in [1.29, 1.82) is 0 Å². The lowest BCUT2D eigenvalue weighted by molar-refractivity contribution is -0.125. The van der Waals surface area contributed by atoms with Crippen molar-refractivity contribution in [3.63, 3.8) is 0 Å². The number of amides is 4. The minimum Gasteiger partial charge on any atom is -0.352 e. The van der Waals surface area contributed by atoms with Gasteiger partial charge in [0.2, 0.25) is 11.8 Å². The van der Waals surface area contributed by atoms with Gasteiger partial charge in [0.25, 0.3) is 0 Å². The van der Waals surface area contributed by atoms with Gasteiger partial charge in [-0.25, -0.2) is 18.6 Å². The summed E-state index contributed by atoms with van der Waals surface area (Å²) in [4.78, 5) is 42.8. The van der Waals surface area contributed by atoms with Crippen LogP contribution in [0.15, 0.2) is 48.7 Å². The predicted octanol–water partition coefficient (Wildman–Crippen LogP) is 3.80. The number of primary amides is 1. The van der Waals surface area contributed by atoms with Crippen molar-refractivity contribution in [2.45, 2.75) is 38.6 Å². The van der Waals surface area contributed by atoms with Crippen molar-refractivity contribution in [2.24, 2.45) is 11.7 Å². The summed E-state index contributed by atoms with van der Waals surface area (Å²) in [6, 6.07) is 8.78. The molecule has 2 atom stereocenters. The highest BCUT2D eigenvalue weighted by Gasteiger charge is 2.24. The summed E-state index contributed by atoms with van der Waals surface area (Å²) in [7, 11) is 0. The SMILES string of the molecule is C[C@H](NC(=O)Cc1cc(F)cc(F)c1)C(=O)Nc1ccc(-c2cn3c4c(sc3n2)CC(CNC(N)=O)CC4)cc1. The smallest absolute Gasteiger partial charge is 0.312 e. The Morgan fingerprint density at radius 3 is 2.58 bits per heavy atom. The van der Waals surface area contributed by atoms with Gasteiger partial charge in [0.1, 0.15) is 17.7 Å². The fourth-order valence-corrected chi connectivity index (χ4v) is 6.11. The number of hydrogen-bond acceptors (Lipinski definition) is 5. The number of carbonyl (C=O) groups is 3. The molecule has 2 aromatic heterocycles.